The van der Waals surface area contributed by atoms with Crippen LogP contribution in [0.15, 0.2) is 24.3 Å². The van der Waals surface area contributed by atoms with Crippen LogP contribution in [0.5, 0.6) is 0 Å². The van der Waals surface area contributed by atoms with Gasteiger partial charge in [-0.1, -0.05) is 34.6 Å². The van der Waals surface area contributed by atoms with E-state index in [4.69, 9.17) is 0 Å². The van der Waals surface area contributed by atoms with Crippen molar-refractivity contribution in [2.75, 3.05) is 13.1 Å². The van der Waals surface area contributed by atoms with Crippen molar-refractivity contribution in [3.63, 3.8) is 0 Å². The van der Waals surface area contributed by atoms with Crippen molar-refractivity contribution >= 4 is 23.6 Å². The Morgan fingerprint density at radius 3 is 2.42 bits per heavy atom. The van der Waals surface area contributed by atoms with Gasteiger partial charge >= 0.3 is 0 Å². The molecule has 0 radical (unpaired) electrons. The van der Waals surface area contributed by atoms with Gasteiger partial charge in [0.2, 0.25) is 17.7 Å². The van der Waals surface area contributed by atoms with Gasteiger partial charge in [0.25, 0.3) is 5.91 Å². The fourth-order valence-electron chi connectivity index (χ4n) is 6.00. The van der Waals surface area contributed by atoms with Gasteiger partial charge in [0.1, 0.15) is 23.9 Å². The molecule has 0 bridgehead atoms. The lowest BCUT2D eigenvalue weighted by Crippen LogP contribution is -2.59. The van der Waals surface area contributed by atoms with E-state index in [2.05, 4.69) is 35.9 Å². The number of piperidine rings is 1. The Morgan fingerprint density at radius 1 is 1.21 bits per heavy atom. The monoisotopic (exact) mass is 525 g/mol. The fourth-order valence-corrected chi connectivity index (χ4v) is 6.00. The topological polar surface area (TPSA) is 131 Å². The molecule has 0 unspecified atom stereocenters. The zero-order chi connectivity index (χ0) is 28.0. The number of amides is 4. The third-order valence-electron chi connectivity index (χ3n) is 8.41. The lowest BCUT2D eigenvalue weighted by Gasteiger charge is -2.37. The summed E-state index contributed by atoms with van der Waals surface area (Å²) in [6.45, 7) is 10.5. The highest BCUT2D eigenvalue weighted by Gasteiger charge is 2.69. The molecule has 6 atom stereocenters. The van der Waals surface area contributed by atoms with Crippen molar-refractivity contribution in [3.8, 4) is 6.07 Å². The lowest BCUT2D eigenvalue weighted by molar-refractivity contribution is -0.143. The van der Waals surface area contributed by atoms with Gasteiger partial charge < -0.3 is 20.9 Å². The predicted octanol–water partition coefficient (Wildman–Crippen LogP) is 1.99. The summed E-state index contributed by atoms with van der Waals surface area (Å²) in [5.74, 6) is -2.18. The zero-order valence-electron chi connectivity index (χ0n) is 22.5. The number of rotatable bonds is 7. The Labute approximate surface area is 222 Å². The molecule has 4 amide bonds. The summed E-state index contributed by atoms with van der Waals surface area (Å²) in [7, 11) is 0. The Balaban J connectivity index is 1.53. The third-order valence-corrected chi connectivity index (χ3v) is 8.41. The van der Waals surface area contributed by atoms with E-state index in [0.717, 1.165) is 0 Å². The maximum absolute atomic E-state index is 13.9. The number of carbonyl (C=O) groups is 4. The number of fused-ring (bicyclic) bond motifs is 1. The summed E-state index contributed by atoms with van der Waals surface area (Å²) in [6.07, 6.45) is 0.824. The molecule has 4 rings (SSSR count). The molecule has 10 heteroatoms. The molecule has 38 heavy (non-hydrogen) atoms. The number of carbonyl (C=O) groups excluding carboxylic acids is 4. The molecule has 1 saturated carbocycles. The first-order valence-electron chi connectivity index (χ1n) is 13.1. The highest BCUT2D eigenvalue weighted by atomic mass is 19.1. The number of hydrogen-bond donors (Lipinski definition) is 3. The summed E-state index contributed by atoms with van der Waals surface area (Å²) in [6, 6.07) is 4.58. The van der Waals surface area contributed by atoms with Crippen molar-refractivity contribution in [3.05, 3.63) is 35.6 Å². The average molecular weight is 526 g/mol. The van der Waals surface area contributed by atoms with E-state index in [9.17, 15) is 28.8 Å². The molecule has 2 heterocycles. The maximum Gasteiger partial charge on any atom is 0.251 e. The number of benzene rings is 1. The van der Waals surface area contributed by atoms with Crippen LogP contribution in [0.1, 0.15) is 57.8 Å². The summed E-state index contributed by atoms with van der Waals surface area (Å²) in [5, 5.41) is 18.0. The molecular weight excluding hydrogens is 489 g/mol. The van der Waals surface area contributed by atoms with E-state index in [0.29, 0.717) is 19.5 Å². The minimum absolute atomic E-state index is 0.0750. The largest absolute Gasteiger partial charge is 0.356 e. The Kier molecular flexibility index (Phi) is 7.26. The summed E-state index contributed by atoms with van der Waals surface area (Å²) < 4.78 is 13.3. The van der Waals surface area contributed by atoms with Crippen LogP contribution < -0.4 is 16.0 Å². The molecule has 1 aromatic rings. The molecule has 204 valence electrons. The third kappa shape index (κ3) is 5.24. The first-order valence-corrected chi connectivity index (χ1v) is 13.1. The highest BCUT2D eigenvalue weighted by Crippen LogP contribution is 2.65. The highest BCUT2D eigenvalue weighted by molar-refractivity contribution is 5.99. The van der Waals surface area contributed by atoms with Crippen molar-refractivity contribution in [1.29, 1.82) is 5.26 Å². The van der Waals surface area contributed by atoms with Gasteiger partial charge in [-0.3, -0.25) is 19.2 Å². The van der Waals surface area contributed by atoms with E-state index in [1.807, 2.05) is 20.8 Å². The first kappa shape index (κ1) is 27.6. The molecule has 3 N–H and O–H groups in total. The zero-order valence-corrected chi connectivity index (χ0v) is 22.5. The Bertz CT molecular complexity index is 1170. The van der Waals surface area contributed by atoms with Crippen LogP contribution >= 0.6 is 0 Å². The molecule has 2 saturated heterocycles. The quantitative estimate of drug-likeness (QED) is 0.501. The van der Waals surface area contributed by atoms with Crippen LogP contribution in [0, 0.1) is 45.7 Å². The van der Waals surface area contributed by atoms with Gasteiger partial charge in [0.05, 0.1) is 6.07 Å². The lowest BCUT2D eigenvalue weighted by atomic mass is 9.85. The maximum atomic E-state index is 13.9. The van der Waals surface area contributed by atoms with Crippen LogP contribution in [0.2, 0.25) is 0 Å². The number of nitriles is 1. The minimum Gasteiger partial charge on any atom is -0.356 e. The van der Waals surface area contributed by atoms with E-state index in [1.165, 1.54) is 29.2 Å². The number of nitrogens with one attached hydrogen (secondary N) is 3. The summed E-state index contributed by atoms with van der Waals surface area (Å²) in [5.41, 5.74) is -0.594. The van der Waals surface area contributed by atoms with Gasteiger partial charge in [-0.05, 0) is 59.8 Å². The second-order valence-corrected chi connectivity index (χ2v) is 12.4. The fraction of sp³-hybridized carbons (Fsp3) is 0.607. The van der Waals surface area contributed by atoms with Crippen molar-refractivity contribution in [1.82, 2.24) is 20.9 Å². The molecule has 3 fully saturated rings. The molecule has 9 nitrogen and oxygen atoms in total. The van der Waals surface area contributed by atoms with Crippen molar-refractivity contribution in [2.24, 2.45) is 28.6 Å². The van der Waals surface area contributed by atoms with E-state index in [-0.39, 0.29) is 47.0 Å². The van der Waals surface area contributed by atoms with Gasteiger partial charge in [-0.25, -0.2) is 4.39 Å². The van der Waals surface area contributed by atoms with Crippen LogP contribution in [0.4, 0.5) is 4.39 Å². The van der Waals surface area contributed by atoms with Gasteiger partial charge in [0.15, 0.2) is 0 Å². The Hall–Kier alpha value is -3.48. The number of halogens is 1. The van der Waals surface area contributed by atoms with Gasteiger partial charge in [0, 0.05) is 24.6 Å². The standard InChI is InChI=1S/C28H36FN5O4/c1-27(2,3)22(33-24(36)15-6-8-17(29)9-7-15)26(38)34-14-19-20(28(19,4)5)21(34)25(37)32-18(13-30)12-16-10-11-31-23(16)35/h6-9,16,18-22H,10-12,14H2,1-5H3,(H,31,35)(H,32,37)(H,33,36)/t16-,18-,19-,20-,21-,22+/m0/s1. The van der Waals surface area contributed by atoms with E-state index >= 15 is 0 Å². The SMILES string of the molecule is CC(C)(C)[C@H](NC(=O)c1ccc(F)cc1)C(=O)N1C[C@H]2[C@@H]([C@H]1C(=O)N[C@H](C#N)C[C@@H]1CCNC1=O)C2(C)C. The summed E-state index contributed by atoms with van der Waals surface area (Å²) >= 11 is 0. The normalized spacial score (nSPS) is 27.0. The van der Waals surface area contributed by atoms with Gasteiger partial charge in [-0.15, -0.1) is 0 Å². The molecule has 1 aliphatic carbocycles. The second kappa shape index (κ2) is 10.0. The Morgan fingerprint density at radius 2 is 1.87 bits per heavy atom. The first-order chi connectivity index (χ1) is 17.8. The van der Waals surface area contributed by atoms with E-state index < -0.39 is 41.2 Å². The molecule has 3 aliphatic rings. The average Bonchev–Trinajstić information content (AvgIpc) is 3.20. The number of hydrogen-bond acceptors (Lipinski definition) is 5. The number of nitrogens with zero attached hydrogens (tertiary/aromatic N) is 2. The molecule has 0 spiro atoms. The van der Waals surface area contributed by atoms with Crippen LogP contribution in [0.3, 0.4) is 0 Å². The van der Waals surface area contributed by atoms with Crippen LogP contribution in [-0.4, -0.2) is 59.7 Å². The second-order valence-electron chi connectivity index (χ2n) is 12.4. The minimum atomic E-state index is -0.940. The van der Waals surface area contributed by atoms with Gasteiger partial charge in [-0.2, -0.15) is 5.26 Å². The van der Waals surface area contributed by atoms with Crippen LogP contribution in [0.25, 0.3) is 0 Å². The number of likely N-dealkylation sites (tertiary alicyclic amines) is 1. The molecule has 2 aliphatic heterocycles. The molecule has 1 aromatic carbocycles. The van der Waals surface area contributed by atoms with Crippen LogP contribution in [-0.2, 0) is 14.4 Å². The predicted molar refractivity (Wildman–Crippen MR) is 137 cm³/mol. The smallest absolute Gasteiger partial charge is 0.251 e. The van der Waals surface area contributed by atoms with E-state index in [1.54, 1.807) is 0 Å². The summed E-state index contributed by atoms with van der Waals surface area (Å²) in [4.78, 5) is 54.0. The molecule has 0 aromatic heterocycles. The van der Waals surface area contributed by atoms with Crippen molar-refractivity contribution < 1.29 is 23.6 Å². The van der Waals surface area contributed by atoms with Crippen molar-refractivity contribution in [2.45, 2.75) is 65.6 Å². The molecular formula is C28H36FN5O4.